The quantitative estimate of drug-likeness (QED) is 0.0200. The van der Waals surface area contributed by atoms with Gasteiger partial charge in [0.05, 0.1) is 0 Å². The van der Waals surface area contributed by atoms with Crippen molar-refractivity contribution in [3.05, 3.63) is 10.4 Å². The summed E-state index contributed by atoms with van der Waals surface area (Å²) in [6.07, 6.45) is 89.0. The van der Waals surface area contributed by atoms with Crippen molar-refractivity contribution in [3.8, 4) is 0 Å². The first kappa shape index (κ1) is 75.0. The third-order valence-corrected chi connectivity index (χ3v) is 16.2. The van der Waals surface area contributed by atoms with Gasteiger partial charge >= 0.3 is 0 Å². The molecule has 0 saturated heterocycles. The lowest BCUT2D eigenvalue weighted by atomic mass is 10.0. The summed E-state index contributed by atoms with van der Waals surface area (Å²) in [7, 11) is 0. The average molecular weight is 1040 g/mol. The number of rotatable bonds is 64. The molecule has 0 N–H and O–H groups in total. The maximum absolute atomic E-state index is 12.0. The fraction of sp³-hybridized carbons (Fsp3) is 0.971. The van der Waals surface area contributed by atoms with Gasteiger partial charge in [-0.3, -0.25) is 0 Å². The van der Waals surface area contributed by atoms with E-state index < -0.39 is 0 Å². The van der Waals surface area contributed by atoms with Crippen LogP contribution >= 0.6 is 0 Å². The van der Waals surface area contributed by atoms with E-state index in [2.05, 4.69) is 27.7 Å². The Morgan fingerprint density at radius 2 is 0.297 bits per heavy atom. The summed E-state index contributed by atoms with van der Waals surface area (Å²) in [4.78, 5) is 0. The van der Waals surface area contributed by atoms with E-state index in [4.69, 9.17) is 0 Å². The Morgan fingerprint density at radius 3 is 0.446 bits per heavy atom. The van der Waals surface area contributed by atoms with Gasteiger partial charge < -0.3 is 10.4 Å². The van der Waals surface area contributed by atoms with E-state index in [1.807, 2.05) is 12.4 Å². The van der Waals surface area contributed by atoms with Crippen molar-refractivity contribution in [3.63, 3.8) is 0 Å². The second-order valence-electron chi connectivity index (χ2n) is 24.0. The highest BCUT2D eigenvalue weighted by Crippen LogP contribution is 2.18. The summed E-state index contributed by atoms with van der Waals surface area (Å²) < 4.78 is 2.43. The molecule has 74 heavy (non-hydrogen) atoms. The second-order valence-corrected chi connectivity index (χ2v) is 24.0. The number of hydroxylamine groups is 2. The number of hydrogen-bond acceptors (Lipinski definition) is 2. The Kier molecular flexibility index (Phi) is 72.9. The van der Waals surface area contributed by atoms with Crippen molar-refractivity contribution in [1.29, 1.82) is 0 Å². The molecule has 0 rings (SSSR count). The van der Waals surface area contributed by atoms with Gasteiger partial charge in [0.1, 0.15) is 0 Å². The highest BCUT2D eigenvalue weighted by Gasteiger charge is 2.01. The predicted octanol–water partition coefficient (Wildman–Crippen LogP) is 25.4. The largest absolute Gasteiger partial charge is 0.624 e. The van der Waals surface area contributed by atoms with Gasteiger partial charge in [0, 0.05) is 25.7 Å². The lowest BCUT2D eigenvalue weighted by Crippen LogP contribution is -2.06. The molecular formula is C70H142N2O2. The molecule has 0 aromatic carbocycles. The Bertz CT molecular complexity index is 1030. The van der Waals surface area contributed by atoms with E-state index in [-0.39, 0.29) is 0 Å². The van der Waals surface area contributed by atoms with Gasteiger partial charge in [0.15, 0.2) is 25.5 Å². The molecule has 0 amide bonds. The van der Waals surface area contributed by atoms with Gasteiger partial charge in [0.2, 0.25) is 0 Å². The Balaban J connectivity index is 0. The summed E-state index contributed by atoms with van der Waals surface area (Å²) in [5.74, 6) is 0. The Hall–Kier alpha value is -1.06. The summed E-state index contributed by atoms with van der Waals surface area (Å²) in [6, 6.07) is 0. The van der Waals surface area contributed by atoms with Crippen molar-refractivity contribution in [1.82, 2.24) is 0 Å². The molecule has 0 radical (unpaired) electrons. The zero-order chi connectivity index (χ0) is 53.8. The first-order valence-electron chi connectivity index (χ1n) is 35.2. The topological polar surface area (TPSA) is 52.1 Å². The van der Waals surface area contributed by atoms with Crippen LogP contribution in [0.4, 0.5) is 0 Å². The fourth-order valence-electron chi connectivity index (χ4n) is 11.0. The van der Waals surface area contributed by atoms with Crippen LogP contribution < -0.4 is 0 Å². The number of nitrogens with zero attached hydrogens (tertiary/aromatic N) is 2. The number of hydrogen-bond donors (Lipinski definition) is 0. The van der Waals surface area contributed by atoms with E-state index in [0.717, 1.165) is 25.7 Å². The van der Waals surface area contributed by atoms with Crippen LogP contribution in [0.5, 0.6) is 0 Å². The molecule has 0 bridgehead atoms. The molecule has 0 spiro atoms. The van der Waals surface area contributed by atoms with Gasteiger partial charge in [-0.1, -0.05) is 374 Å². The van der Waals surface area contributed by atoms with Crippen LogP contribution in [-0.4, -0.2) is 35.0 Å². The van der Waals surface area contributed by atoms with E-state index >= 15 is 0 Å². The smallest absolute Gasteiger partial charge is 0.153 e. The van der Waals surface area contributed by atoms with Crippen LogP contribution in [0.15, 0.2) is 0 Å². The molecule has 0 heterocycles. The normalized spacial score (nSPS) is 12.0. The van der Waals surface area contributed by atoms with E-state index in [1.54, 1.807) is 0 Å². The minimum absolute atomic E-state index is 0.705. The van der Waals surface area contributed by atoms with Crippen LogP contribution in [0.2, 0.25) is 0 Å². The first-order chi connectivity index (χ1) is 36.6. The summed E-state index contributed by atoms with van der Waals surface area (Å²) >= 11 is 0. The summed E-state index contributed by atoms with van der Waals surface area (Å²) in [5, 5.41) is 24.0. The van der Waals surface area contributed by atoms with E-state index in [1.165, 1.54) is 382 Å². The van der Waals surface area contributed by atoms with Crippen LogP contribution in [0.3, 0.4) is 0 Å². The molecule has 0 aromatic rings. The highest BCUT2D eigenvalue weighted by atomic mass is 16.5. The van der Waals surface area contributed by atoms with Gasteiger partial charge in [-0.15, -0.1) is 0 Å². The maximum atomic E-state index is 12.0. The van der Waals surface area contributed by atoms with Crippen molar-refractivity contribution >= 4 is 12.4 Å². The van der Waals surface area contributed by atoms with E-state index in [9.17, 15) is 10.4 Å². The molecule has 0 atom stereocenters. The molecule has 0 aliphatic rings. The van der Waals surface area contributed by atoms with Gasteiger partial charge in [0.25, 0.3) is 0 Å². The van der Waals surface area contributed by atoms with Crippen LogP contribution in [0, 0.1) is 10.4 Å². The lowest BCUT2D eigenvalue weighted by molar-refractivity contribution is -0.454. The van der Waals surface area contributed by atoms with Gasteiger partial charge in [-0.25, -0.2) is 9.48 Å². The Morgan fingerprint density at radius 1 is 0.176 bits per heavy atom. The monoisotopic (exact) mass is 1040 g/mol. The molecule has 444 valence electrons. The third kappa shape index (κ3) is 73.0. The second kappa shape index (κ2) is 71.9. The zero-order valence-electron chi connectivity index (χ0n) is 52.1. The molecule has 0 aromatic heterocycles. The minimum Gasteiger partial charge on any atom is -0.624 e. The number of unbranched alkanes of at least 4 members (excludes halogenated alkanes) is 58. The first-order valence-corrected chi connectivity index (χ1v) is 35.2. The maximum Gasteiger partial charge on any atom is 0.153 e. The van der Waals surface area contributed by atoms with Crippen molar-refractivity contribution in [2.24, 2.45) is 0 Å². The molecular weight excluding hydrogens is 901 g/mol. The summed E-state index contributed by atoms with van der Waals surface area (Å²) in [6.45, 7) is 10.6. The molecule has 0 saturated carbocycles. The lowest BCUT2D eigenvalue weighted by Gasteiger charge is -2.05. The van der Waals surface area contributed by atoms with Gasteiger partial charge in [-0.2, -0.15) is 0 Å². The van der Waals surface area contributed by atoms with Crippen LogP contribution in [-0.2, 0) is 0 Å². The standard InChI is InChI=1S/2C35H71NO/c2*1-3-5-7-9-11-13-15-17-19-21-23-25-27-29-31-33-35-36(37)34-32-30-28-26-24-22-20-18-16-14-12-10-8-6-4-2/h35H,3-34H2,1-2H3;34H,3-33,35H2,1-2H3. The average Bonchev–Trinajstić information content (AvgIpc) is 3.40. The Labute approximate surface area is 469 Å². The third-order valence-electron chi connectivity index (χ3n) is 16.2. The SMILES string of the molecule is CCCCCCCCCCCCCCCCC=[N+]([O-])CCCCCCCCCCCCCCCCCC.CCCCCCCCCCCCCCCCCC=[N+]([O-])CCCCCCCCCCCCCCCCC. The molecule has 0 aliphatic carbocycles. The van der Waals surface area contributed by atoms with Crippen LogP contribution in [0.25, 0.3) is 0 Å². The summed E-state index contributed by atoms with van der Waals surface area (Å²) in [5.41, 5.74) is 0. The zero-order valence-corrected chi connectivity index (χ0v) is 52.1. The molecule has 4 heteroatoms. The minimum atomic E-state index is 0.705. The molecule has 0 aliphatic heterocycles. The van der Waals surface area contributed by atoms with Gasteiger partial charge in [-0.05, 0) is 25.7 Å². The predicted molar refractivity (Wildman–Crippen MR) is 338 cm³/mol. The molecule has 0 fully saturated rings. The van der Waals surface area contributed by atoms with Crippen LogP contribution in [0.1, 0.15) is 426 Å². The van der Waals surface area contributed by atoms with Crippen molar-refractivity contribution in [2.45, 2.75) is 426 Å². The van der Waals surface area contributed by atoms with E-state index in [0.29, 0.717) is 13.1 Å². The molecule has 0 unspecified atom stereocenters. The fourth-order valence-corrected chi connectivity index (χ4v) is 11.0. The van der Waals surface area contributed by atoms with Crippen molar-refractivity contribution < 1.29 is 9.48 Å². The molecule has 4 nitrogen and oxygen atoms in total. The van der Waals surface area contributed by atoms with Crippen molar-refractivity contribution in [2.75, 3.05) is 13.1 Å². The highest BCUT2D eigenvalue weighted by molar-refractivity contribution is 5.51.